The highest BCUT2D eigenvalue weighted by molar-refractivity contribution is 5.48. The molecule has 0 aliphatic heterocycles. The normalized spacial score (nSPS) is 20.1. The van der Waals surface area contributed by atoms with Crippen LogP contribution in [0.25, 0.3) is 0 Å². The minimum Gasteiger partial charge on any atom is -0.496 e. The van der Waals surface area contributed by atoms with Gasteiger partial charge in [-0.25, -0.2) is 13.8 Å². The predicted molar refractivity (Wildman–Crippen MR) is 62.3 cm³/mol. The van der Waals surface area contributed by atoms with Gasteiger partial charge in [0.15, 0.2) is 0 Å². The van der Waals surface area contributed by atoms with Crippen LogP contribution in [-0.2, 0) is 5.41 Å². The first-order valence-corrected chi connectivity index (χ1v) is 5.63. The first-order valence-electron chi connectivity index (χ1n) is 5.63. The van der Waals surface area contributed by atoms with E-state index in [0.29, 0.717) is 17.2 Å². The number of methoxy groups -OCH3 is 2. The number of ether oxygens (including phenoxy) is 2. The largest absolute Gasteiger partial charge is 0.496 e. The number of rotatable bonds is 4. The molecule has 6 heteroatoms. The van der Waals surface area contributed by atoms with E-state index in [-0.39, 0.29) is 19.4 Å². The topological polar surface area (TPSA) is 57.4 Å². The fraction of sp³-hybridized carbons (Fsp3) is 0.583. The molecule has 4 nitrogen and oxygen atoms in total. The van der Waals surface area contributed by atoms with Gasteiger partial charge in [0.1, 0.15) is 5.75 Å². The Kier molecular flexibility index (Phi) is 3.14. The maximum Gasteiger partial charge on any atom is 0.250 e. The van der Waals surface area contributed by atoms with Crippen molar-refractivity contribution in [1.29, 1.82) is 0 Å². The molecule has 1 saturated carbocycles. The van der Waals surface area contributed by atoms with Crippen LogP contribution in [0, 0.1) is 0 Å². The third kappa shape index (κ3) is 1.90. The van der Waals surface area contributed by atoms with Crippen LogP contribution in [0.4, 0.5) is 8.78 Å². The maximum absolute atomic E-state index is 13.2. The monoisotopic (exact) mass is 258 g/mol. The summed E-state index contributed by atoms with van der Waals surface area (Å²) < 4.78 is 36.8. The molecule has 1 fully saturated rings. The fourth-order valence-electron chi connectivity index (χ4n) is 2.60. The van der Waals surface area contributed by atoms with E-state index in [4.69, 9.17) is 15.2 Å². The first-order chi connectivity index (χ1) is 8.48. The van der Waals surface area contributed by atoms with Crippen LogP contribution in [0.5, 0.6) is 11.6 Å². The van der Waals surface area contributed by atoms with E-state index in [2.05, 4.69) is 4.98 Å². The molecule has 100 valence electrons. The average Bonchev–Trinajstić information content (AvgIpc) is 2.34. The second-order valence-electron chi connectivity index (χ2n) is 4.59. The van der Waals surface area contributed by atoms with E-state index in [1.165, 1.54) is 20.4 Å². The predicted octanol–water partition coefficient (Wildman–Crippen LogP) is 1.72. The zero-order valence-electron chi connectivity index (χ0n) is 10.4. The van der Waals surface area contributed by atoms with Gasteiger partial charge in [0.2, 0.25) is 11.8 Å². The minimum absolute atomic E-state index is 0.112. The molecule has 0 amide bonds. The Morgan fingerprint density at radius 2 is 2.00 bits per heavy atom. The summed E-state index contributed by atoms with van der Waals surface area (Å²) >= 11 is 0. The third-order valence-electron chi connectivity index (χ3n) is 3.41. The van der Waals surface area contributed by atoms with Crippen LogP contribution in [0.15, 0.2) is 12.3 Å². The summed E-state index contributed by atoms with van der Waals surface area (Å²) in [4.78, 5) is 4.05. The molecular weight excluding hydrogens is 242 g/mol. The van der Waals surface area contributed by atoms with Crippen LogP contribution in [0.1, 0.15) is 18.4 Å². The fourth-order valence-corrected chi connectivity index (χ4v) is 2.60. The zero-order valence-corrected chi connectivity index (χ0v) is 10.4. The quantitative estimate of drug-likeness (QED) is 0.893. The molecule has 0 atom stereocenters. The second-order valence-corrected chi connectivity index (χ2v) is 4.59. The zero-order chi connectivity index (χ0) is 13.4. The van der Waals surface area contributed by atoms with Crippen molar-refractivity contribution >= 4 is 0 Å². The van der Waals surface area contributed by atoms with Crippen molar-refractivity contribution in [3.8, 4) is 11.6 Å². The summed E-state index contributed by atoms with van der Waals surface area (Å²) in [5.41, 5.74) is 5.43. The van der Waals surface area contributed by atoms with Gasteiger partial charge in [0.05, 0.1) is 19.8 Å². The third-order valence-corrected chi connectivity index (χ3v) is 3.41. The Labute approximate surface area is 104 Å². The van der Waals surface area contributed by atoms with Gasteiger partial charge in [-0.2, -0.15) is 0 Å². The van der Waals surface area contributed by atoms with Gasteiger partial charge >= 0.3 is 0 Å². The number of hydrogen-bond donors (Lipinski definition) is 1. The highest BCUT2D eigenvalue weighted by Gasteiger charge is 2.58. The van der Waals surface area contributed by atoms with Gasteiger partial charge < -0.3 is 15.2 Å². The number of halogens is 2. The van der Waals surface area contributed by atoms with E-state index in [9.17, 15) is 8.78 Å². The van der Waals surface area contributed by atoms with Crippen LogP contribution >= 0.6 is 0 Å². The molecule has 2 N–H and O–H groups in total. The smallest absolute Gasteiger partial charge is 0.250 e. The molecule has 0 aromatic carbocycles. The number of nitrogens with two attached hydrogens (primary N) is 1. The van der Waals surface area contributed by atoms with Gasteiger partial charge in [-0.15, -0.1) is 0 Å². The molecule has 0 spiro atoms. The molecule has 0 radical (unpaired) electrons. The lowest BCUT2D eigenvalue weighted by Crippen LogP contribution is -2.54. The highest BCUT2D eigenvalue weighted by Crippen LogP contribution is 2.56. The van der Waals surface area contributed by atoms with E-state index in [1.807, 2.05) is 0 Å². The van der Waals surface area contributed by atoms with Crippen molar-refractivity contribution in [2.45, 2.75) is 24.2 Å². The lowest BCUT2D eigenvalue weighted by atomic mass is 9.62. The van der Waals surface area contributed by atoms with Crippen molar-refractivity contribution in [3.05, 3.63) is 17.8 Å². The molecule has 1 aromatic heterocycles. The molecule has 0 bridgehead atoms. The summed E-state index contributed by atoms with van der Waals surface area (Å²) in [5.74, 6) is -1.89. The van der Waals surface area contributed by atoms with Crippen LogP contribution in [0.2, 0.25) is 0 Å². The molecule has 0 unspecified atom stereocenters. The number of pyridine rings is 1. The van der Waals surface area contributed by atoms with E-state index >= 15 is 0 Å². The molecule has 1 aliphatic rings. The van der Waals surface area contributed by atoms with Crippen LogP contribution in [0.3, 0.4) is 0 Å². The summed E-state index contributed by atoms with van der Waals surface area (Å²) in [7, 11) is 2.94. The standard InChI is InChI=1S/C12H16F2N2O2/c1-17-8-3-4-16-10(18-2)9(8)11(7-15)5-12(13,14)6-11/h3-4H,5-7,15H2,1-2H3. The lowest BCUT2D eigenvalue weighted by molar-refractivity contribution is -0.124. The molecule has 1 aliphatic carbocycles. The number of nitrogens with zero attached hydrogens (tertiary/aromatic N) is 1. The second kappa shape index (κ2) is 4.35. The maximum atomic E-state index is 13.2. The van der Waals surface area contributed by atoms with Gasteiger partial charge in [-0.1, -0.05) is 0 Å². The van der Waals surface area contributed by atoms with Gasteiger partial charge in [0, 0.05) is 31.0 Å². The van der Waals surface area contributed by atoms with Crippen molar-refractivity contribution in [1.82, 2.24) is 4.98 Å². The molecule has 1 heterocycles. The van der Waals surface area contributed by atoms with Crippen molar-refractivity contribution in [2.75, 3.05) is 20.8 Å². The highest BCUT2D eigenvalue weighted by atomic mass is 19.3. The van der Waals surface area contributed by atoms with Gasteiger partial charge in [0.25, 0.3) is 0 Å². The Hall–Kier alpha value is -1.43. The van der Waals surface area contributed by atoms with Gasteiger partial charge in [-0.05, 0) is 6.07 Å². The van der Waals surface area contributed by atoms with E-state index in [1.54, 1.807) is 6.07 Å². The Bertz CT molecular complexity index is 421. The van der Waals surface area contributed by atoms with E-state index < -0.39 is 11.3 Å². The summed E-state index contributed by atoms with van der Waals surface area (Å²) in [6, 6.07) is 1.63. The minimum atomic E-state index is -2.68. The molecule has 0 saturated heterocycles. The van der Waals surface area contributed by atoms with Crippen LogP contribution in [-0.4, -0.2) is 31.7 Å². The van der Waals surface area contributed by atoms with Gasteiger partial charge in [-0.3, -0.25) is 0 Å². The Balaban J connectivity index is 2.49. The Morgan fingerprint density at radius 1 is 1.33 bits per heavy atom. The number of alkyl halides is 2. The summed E-state index contributed by atoms with van der Waals surface area (Å²) in [6.07, 6.45) is 0.923. The first kappa shape index (κ1) is 13.0. The van der Waals surface area contributed by atoms with Crippen molar-refractivity contribution in [3.63, 3.8) is 0 Å². The Morgan fingerprint density at radius 3 is 2.44 bits per heavy atom. The molecule has 1 aromatic rings. The van der Waals surface area contributed by atoms with Crippen molar-refractivity contribution in [2.24, 2.45) is 5.73 Å². The molecule has 2 rings (SSSR count). The van der Waals surface area contributed by atoms with Crippen LogP contribution < -0.4 is 15.2 Å². The van der Waals surface area contributed by atoms with Crippen molar-refractivity contribution < 1.29 is 18.3 Å². The summed E-state index contributed by atoms with van der Waals surface area (Å²) in [5, 5.41) is 0. The van der Waals surface area contributed by atoms with E-state index in [0.717, 1.165) is 0 Å². The lowest BCUT2D eigenvalue weighted by Gasteiger charge is -2.47. The molecule has 18 heavy (non-hydrogen) atoms. The summed E-state index contributed by atoms with van der Waals surface area (Å²) in [6.45, 7) is 0.112. The number of aromatic nitrogens is 1. The SMILES string of the molecule is COc1ccnc(OC)c1C1(CN)CC(F)(F)C1. The molecular formula is C12H16F2N2O2. The number of hydrogen-bond acceptors (Lipinski definition) is 4. The average molecular weight is 258 g/mol.